The molecule has 0 N–H and O–H groups in total. The molecular weight excluding hydrogens is 336 g/mol. The number of fused-ring (bicyclic) bond motifs is 5. The summed E-state index contributed by atoms with van der Waals surface area (Å²) in [5.74, 6) is 4.79. The molecule has 0 heterocycles. The lowest BCUT2D eigenvalue weighted by molar-refractivity contribution is -0.166. The van der Waals surface area contributed by atoms with Crippen LogP contribution >= 0.6 is 0 Å². The predicted octanol–water partition coefficient (Wildman–Crippen LogP) is 4.23. The van der Waals surface area contributed by atoms with Crippen LogP contribution in [0.3, 0.4) is 0 Å². The van der Waals surface area contributed by atoms with E-state index in [0.717, 1.165) is 19.3 Å². The number of carbonyl (C=O) groups is 3. The van der Waals surface area contributed by atoms with E-state index in [2.05, 4.69) is 26.7 Å². The normalized spacial score (nSPS) is 47.6. The Morgan fingerprint density at radius 3 is 2.56 bits per heavy atom. The number of ketones is 3. The lowest BCUT2D eigenvalue weighted by atomic mass is 9.44. The van der Waals surface area contributed by atoms with Gasteiger partial charge in [0.15, 0.2) is 0 Å². The second-order valence-corrected chi connectivity index (χ2v) is 10.3. The molecule has 0 spiro atoms. The molecule has 3 heteroatoms. The van der Waals surface area contributed by atoms with Crippen LogP contribution in [0.2, 0.25) is 0 Å². The van der Waals surface area contributed by atoms with Crippen molar-refractivity contribution in [1.29, 1.82) is 0 Å². The zero-order valence-corrected chi connectivity index (χ0v) is 16.9. The summed E-state index contributed by atoms with van der Waals surface area (Å²) in [7, 11) is 0. The molecule has 0 amide bonds. The minimum atomic E-state index is -0.402. The Balaban J connectivity index is 1.70. The number of rotatable bonds is 2. The SMILES string of the molecule is C#CCC(C)[C@H]1CC[C@H]2[C@@H]3C(=O)C[C@@H]4CC(=O)CC[C@]4(C)[C@H]3CC(=O)[C@]12C. The Hall–Kier alpha value is -1.43. The third-order valence-electron chi connectivity index (χ3n) is 9.34. The van der Waals surface area contributed by atoms with Gasteiger partial charge >= 0.3 is 0 Å². The average Bonchev–Trinajstić information content (AvgIpc) is 2.96. The van der Waals surface area contributed by atoms with Gasteiger partial charge in [0, 0.05) is 43.4 Å². The number of hydrogen-bond donors (Lipinski definition) is 0. The van der Waals surface area contributed by atoms with Crippen LogP contribution in [0.4, 0.5) is 0 Å². The van der Waals surface area contributed by atoms with E-state index < -0.39 is 5.41 Å². The summed E-state index contributed by atoms with van der Waals surface area (Å²) in [6, 6.07) is 0. The molecule has 4 saturated carbocycles. The third-order valence-corrected chi connectivity index (χ3v) is 9.34. The van der Waals surface area contributed by atoms with Crippen molar-refractivity contribution in [2.24, 2.45) is 46.3 Å². The highest BCUT2D eigenvalue weighted by Crippen LogP contribution is 2.66. The lowest BCUT2D eigenvalue weighted by Gasteiger charge is -2.58. The van der Waals surface area contributed by atoms with E-state index in [9.17, 15) is 14.4 Å². The highest BCUT2D eigenvalue weighted by Gasteiger charge is 2.66. The van der Waals surface area contributed by atoms with Crippen LogP contribution in [0.1, 0.15) is 72.1 Å². The molecule has 146 valence electrons. The monoisotopic (exact) mass is 368 g/mol. The highest BCUT2D eigenvalue weighted by atomic mass is 16.1. The second kappa shape index (κ2) is 6.29. The molecule has 0 aliphatic heterocycles. The van der Waals surface area contributed by atoms with Gasteiger partial charge in [-0.05, 0) is 54.3 Å². The molecular formula is C24H32O3. The quantitative estimate of drug-likeness (QED) is 0.685. The van der Waals surface area contributed by atoms with Gasteiger partial charge in [-0.3, -0.25) is 14.4 Å². The number of Topliss-reactive ketones (excluding diaryl/α,β-unsaturated/α-hetero) is 3. The molecule has 0 saturated heterocycles. The van der Waals surface area contributed by atoms with Gasteiger partial charge in [-0.1, -0.05) is 20.8 Å². The van der Waals surface area contributed by atoms with Gasteiger partial charge in [-0.15, -0.1) is 12.3 Å². The Morgan fingerprint density at radius 1 is 1.11 bits per heavy atom. The molecule has 4 fully saturated rings. The van der Waals surface area contributed by atoms with Crippen molar-refractivity contribution in [2.75, 3.05) is 0 Å². The van der Waals surface area contributed by atoms with Crippen molar-refractivity contribution in [1.82, 2.24) is 0 Å². The molecule has 0 aromatic rings. The van der Waals surface area contributed by atoms with E-state index in [0.29, 0.717) is 61.3 Å². The van der Waals surface area contributed by atoms with E-state index in [1.165, 1.54) is 0 Å². The van der Waals surface area contributed by atoms with Gasteiger partial charge in [0.25, 0.3) is 0 Å². The van der Waals surface area contributed by atoms with E-state index in [4.69, 9.17) is 6.42 Å². The maximum atomic E-state index is 13.5. The van der Waals surface area contributed by atoms with Gasteiger partial charge in [-0.25, -0.2) is 0 Å². The molecule has 1 unspecified atom stereocenters. The van der Waals surface area contributed by atoms with E-state index >= 15 is 0 Å². The summed E-state index contributed by atoms with van der Waals surface area (Å²) in [5, 5.41) is 0. The minimum absolute atomic E-state index is 0.00480. The number of hydrogen-bond acceptors (Lipinski definition) is 3. The van der Waals surface area contributed by atoms with E-state index in [-0.39, 0.29) is 29.1 Å². The maximum absolute atomic E-state index is 13.5. The van der Waals surface area contributed by atoms with Crippen molar-refractivity contribution in [3.63, 3.8) is 0 Å². The van der Waals surface area contributed by atoms with Crippen LogP contribution in [0.15, 0.2) is 0 Å². The van der Waals surface area contributed by atoms with Gasteiger partial charge in [0.1, 0.15) is 17.3 Å². The Bertz CT molecular complexity index is 730. The topological polar surface area (TPSA) is 51.2 Å². The van der Waals surface area contributed by atoms with Gasteiger partial charge in [0.2, 0.25) is 0 Å². The fourth-order valence-electron chi connectivity index (χ4n) is 7.72. The van der Waals surface area contributed by atoms with Gasteiger partial charge in [-0.2, -0.15) is 0 Å². The van der Waals surface area contributed by atoms with Crippen molar-refractivity contribution >= 4 is 17.3 Å². The first-order valence-electron chi connectivity index (χ1n) is 10.7. The number of terminal acetylenes is 1. The van der Waals surface area contributed by atoms with Crippen molar-refractivity contribution in [2.45, 2.75) is 72.1 Å². The first kappa shape index (κ1) is 18.9. The first-order chi connectivity index (χ1) is 12.7. The molecule has 27 heavy (non-hydrogen) atoms. The molecule has 0 aromatic carbocycles. The minimum Gasteiger partial charge on any atom is -0.300 e. The zero-order valence-electron chi connectivity index (χ0n) is 16.9. The van der Waals surface area contributed by atoms with E-state index in [1.54, 1.807) is 0 Å². The first-order valence-corrected chi connectivity index (χ1v) is 10.7. The van der Waals surface area contributed by atoms with Crippen LogP contribution < -0.4 is 0 Å². The zero-order chi connectivity index (χ0) is 19.6. The largest absolute Gasteiger partial charge is 0.300 e. The standard InChI is InChI=1S/C24H32O3/c1-5-6-14(2)17-7-8-18-22-19(13-21(27)24(17,18)4)23(3)10-9-16(25)11-15(23)12-20(22)26/h1,14-15,17-19,22H,6-13H2,2-4H3/t14?,15-,17+,18-,19-,22-,23-,24+/m0/s1. The second-order valence-electron chi connectivity index (χ2n) is 10.3. The summed E-state index contributed by atoms with van der Waals surface area (Å²) in [4.78, 5) is 38.8. The van der Waals surface area contributed by atoms with Crippen LogP contribution in [-0.4, -0.2) is 17.3 Å². The average molecular weight is 369 g/mol. The smallest absolute Gasteiger partial charge is 0.139 e. The van der Waals surface area contributed by atoms with Crippen molar-refractivity contribution < 1.29 is 14.4 Å². The van der Waals surface area contributed by atoms with Crippen LogP contribution in [-0.2, 0) is 14.4 Å². The van der Waals surface area contributed by atoms with Crippen molar-refractivity contribution in [3.05, 3.63) is 0 Å². The summed E-state index contributed by atoms with van der Waals surface area (Å²) in [5.41, 5.74) is -0.438. The molecule has 4 aliphatic carbocycles. The van der Waals surface area contributed by atoms with Crippen LogP contribution in [0, 0.1) is 58.7 Å². The van der Waals surface area contributed by atoms with Crippen LogP contribution in [0.5, 0.6) is 0 Å². The molecule has 4 aliphatic rings. The molecule has 0 radical (unpaired) electrons. The predicted molar refractivity (Wildman–Crippen MR) is 104 cm³/mol. The number of carbonyl (C=O) groups excluding carboxylic acids is 3. The fourth-order valence-corrected chi connectivity index (χ4v) is 7.72. The summed E-state index contributed by atoms with van der Waals surface area (Å²) >= 11 is 0. The Labute approximate surface area is 163 Å². The summed E-state index contributed by atoms with van der Waals surface area (Å²) in [6.07, 6.45) is 11.3. The molecule has 0 aromatic heterocycles. The fraction of sp³-hybridized carbons (Fsp3) is 0.792. The van der Waals surface area contributed by atoms with Gasteiger partial charge < -0.3 is 0 Å². The Kier molecular flexibility index (Phi) is 4.41. The highest BCUT2D eigenvalue weighted by molar-refractivity contribution is 5.93. The molecule has 0 bridgehead atoms. The Morgan fingerprint density at radius 2 is 1.85 bits per heavy atom. The molecule has 3 nitrogen and oxygen atoms in total. The van der Waals surface area contributed by atoms with Crippen LogP contribution in [0.25, 0.3) is 0 Å². The molecule has 8 atom stereocenters. The van der Waals surface area contributed by atoms with Gasteiger partial charge in [0.05, 0.1) is 0 Å². The third kappa shape index (κ3) is 2.51. The van der Waals surface area contributed by atoms with Crippen molar-refractivity contribution in [3.8, 4) is 12.3 Å². The maximum Gasteiger partial charge on any atom is 0.139 e. The van der Waals surface area contributed by atoms with E-state index in [1.807, 2.05) is 0 Å². The lowest BCUT2D eigenvalue weighted by Crippen LogP contribution is -2.60. The summed E-state index contributed by atoms with van der Waals surface area (Å²) < 4.78 is 0. The summed E-state index contributed by atoms with van der Waals surface area (Å²) in [6.45, 7) is 6.56. The molecule has 4 rings (SSSR count).